The number of alkyl halides is 1. The van der Waals surface area contributed by atoms with Gasteiger partial charge in [-0.25, -0.2) is 4.39 Å². The van der Waals surface area contributed by atoms with Gasteiger partial charge in [0, 0.05) is 23.2 Å². The molecule has 6 aliphatic carbocycles. The van der Waals surface area contributed by atoms with E-state index in [2.05, 4.69) is 30.3 Å². The van der Waals surface area contributed by atoms with Crippen molar-refractivity contribution < 1.29 is 4.39 Å². The van der Waals surface area contributed by atoms with Gasteiger partial charge in [0.05, 0.1) is 0 Å². The smallest absolute Gasteiger partial charge is 0.121 e. The van der Waals surface area contributed by atoms with Gasteiger partial charge in [0.1, 0.15) is 5.67 Å². The molecule has 0 bridgehead atoms. The molecule has 6 fully saturated rings. The fourth-order valence-electron chi connectivity index (χ4n) is 6.70. The van der Waals surface area contributed by atoms with E-state index in [0.29, 0.717) is 23.2 Å². The van der Waals surface area contributed by atoms with E-state index in [9.17, 15) is 4.39 Å². The Morgan fingerprint density at radius 3 is 1.87 bits per heavy atom. The maximum Gasteiger partial charge on any atom is 0.121 e. The molecule has 6 saturated carbocycles. The Balaban J connectivity index is 1.57. The molecule has 0 nitrogen and oxygen atoms in total. The summed E-state index contributed by atoms with van der Waals surface area (Å²) in [6.07, 6.45) is 0. The first-order valence-corrected chi connectivity index (χ1v) is 6.08. The highest BCUT2D eigenvalue weighted by molar-refractivity contribution is 5.64. The molecule has 0 atom stereocenters. The lowest BCUT2D eigenvalue weighted by molar-refractivity contribution is -0.618. The molecule has 74 valence electrons. The molecule has 0 heterocycles. The van der Waals surface area contributed by atoms with E-state index in [1.165, 1.54) is 5.56 Å². The van der Waals surface area contributed by atoms with Crippen LogP contribution in [0.5, 0.6) is 0 Å². The van der Waals surface area contributed by atoms with Gasteiger partial charge in [0.2, 0.25) is 0 Å². The molecule has 6 aliphatic rings. The van der Waals surface area contributed by atoms with Gasteiger partial charge in [-0.3, -0.25) is 0 Å². The summed E-state index contributed by atoms with van der Waals surface area (Å²) in [6.45, 7) is 0. The lowest BCUT2D eigenvalue weighted by Gasteiger charge is -3.09. The zero-order chi connectivity index (χ0) is 9.58. The molecule has 0 aliphatic heterocycles. The zero-order valence-corrected chi connectivity index (χ0v) is 8.23. The summed E-state index contributed by atoms with van der Waals surface area (Å²) in [4.78, 5) is 0. The average molecular weight is 198 g/mol. The molecule has 0 spiro atoms. The van der Waals surface area contributed by atoms with Crippen molar-refractivity contribution >= 4 is 0 Å². The Hall–Kier alpha value is -0.850. The van der Waals surface area contributed by atoms with Crippen molar-refractivity contribution in [2.45, 2.75) is 11.1 Å². The van der Waals surface area contributed by atoms with E-state index >= 15 is 0 Å². The third-order valence-corrected chi connectivity index (χ3v) is 6.78. The van der Waals surface area contributed by atoms with Crippen LogP contribution in [0.3, 0.4) is 0 Å². The van der Waals surface area contributed by atoms with Crippen LogP contribution in [0.4, 0.5) is 4.39 Å². The lowest BCUT2D eigenvalue weighted by atomic mass is 8.95. The van der Waals surface area contributed by atoms with Crippen molar-refractivity contribution in [1.82, 2.24) is 0 Å². The molecule has 0 amide bonds. The van der Waals surface area contributed by atoms with Gasteiger partial charge in [0.15, 0.2) is 0 Å². The molecule has 0 N–H and O–H groups in total. The second kappa shape index (κ2) is 1.41. The Bertz CT molecular complexity index is 464. The summed E-state index contributed by atoms with van der Waals surface area (Å²) in [5.74, 6) is 3.76. The maximum absolute atomic E-state index is 14.1. The Labute approximate surface area is 87.5 Å². The van der Waals surface area contributed by atoms with Crippen molar-refractivity contribution in [3.63, 3.8) is 0 Å². The summed E-state index contributed by atoms with van der Waals surface area (Å²) in [7, 11) is 0. The molecule has 1 aromatic carbocycles. The largest absolute Gasteiger partial charge is 0.243 e. The average Bonchev–Trinajstić information content (AvgIpc) is 2.31. The molecule has 0 saturated heterocycles. The van der Waals surface area contributed by atoms with E-state index < -0.39 is 5.67 Å². The van der Waals surface area contributed by atoms with Gasteiger partial charge in [-0.2, -0.15) is 0 Å². The minimum atomic E-state index is -0.628. The van der Waals surface area contributed by atoms with Crippen LogP contribution in [0.25, 0.3) is 0 Å². The highest BCUT2D eigenvalue weighted by Crippen LogP contribution is 3.07. The summed E-state index contributed by atoms with van der Waals surface area (Å²) in [5.41, 5.74) is 1.39. The van der Waals surface area contributed by atoms with Crippen LogP contribution in [0.1, 0.15) is 5.56 Å². The molecule has 1 aromatic rings. The number of benzene rings is 1. The highest BCUT2D eigenvalue weighted by Gasteiger charge is 3.11. The fourth-order valence-corrected chi connectivity index (χ4v) is 6.70. The zero-order valence-electron chi connectivity index (χ0n) is 8.23. The van der Waals surface area contributed by atoms with E-state index in [-0.39, 0.29) is 0 Å². The second-order valence-corrected chi connectivity index (χ2v) is 6.28. The maximum atomic E-state index is 14.1. The van der Waals surface area contributed by atoms with Crippen molar-refractivity contribution in [3.05, 3.63) is 35.9 Å². The van der Waals surface area contributed by atoms with Crippen molar-refractivity contribution in [2.24, 2.45) is 35.5 Å². The number of hydrogen-bond donors (Lipinski definition) is 0. The molecule has 15 heavy (non-hydrogen) atoms. The van der Waals surface area contributed by atoms with E-state index in [0.717, 1.165) is 17.8 Å². The lowest BCUT2D eigenvalue weighted by Crippen LogP contribution is -3.13. The minimum absolute atomic E-state index is 0.495. The van der Waals surface area contributed by atoms with E-state index in [1.54, 1.807) is 0 Å². The molecule has 0 radical (unpaired) electrons. The monoisotopic (exact) mass is 198 g/mol. The third-order valence-electron chi connectivity index (χ3n) is 6.78. The normalized spacial score (nSPS) is 72.9. The van der Waals surface area contributed by atoms with Crippen LogP contribution >= 0.6 is 0 Å². The van der Waals surface area contributed by atoms with Gasteiger partial charge in [-0.15, -0.1) is 0 Å². The van der Waals surface area contributed by atoms with Gasteiger partial charge >= 0.3 is 0 Å². The van der Waals surface area contributed by atoms with E-state index in [4.69, 9.17) is 0 Å². The van der Waals surface area contributed by atoms with Crippen LogP contribution in [0.15, 0.2) is 30.3 Å². The molecular formula is C14H11F. The van der Waals surface area contributed by atoms with Crippen LogP contribution in [0, 0.1) is 35.5 Å². The Morgan fingerprint density at radius 1 is 0.800 bits per heavy atom. The first kappa shape index (κ1) is 6.67. The fraction of sp³-hybridized carbons (Fsp3) is 0.571. The number of rotatable bonds is 1. The minimum Gasteiger partial charge on any atom is -0.243 e. The number of halogens is 1. The molecule has 0 aromatic heterocycles. The topological polar surface area (TPSA) is 0 Å². The first-order valence-electron chi connectivity index (χ1n) is 6.08. The summed E-state index contributed by atoms with van der Waals surface area (Å²) < 4.78 is 14.1. The SMILES string of the molecule is FC12C3C4C1C1C2C3C41c1ccccc1. The van der Waals surface area contributed by atoms with Gasteiger partial charge in [-0.1, -0.05) is 30.3 Å². The quantitative estimate of drug-likeness (QED) is 0.650. The van der Waals surface area contributed by atoms with Crippen LogP contribution < -0.4 is 0 Å². The van der Waals surface area contributed by atoms with Gasteiger partial charge in [0.25, 0.3) is 0 Å². The summed E-state index contributed by atoms with van der Waals surface area (Å²) in [5, 5.41) is 0. The van der Waals surface area contributed by atoms with Crippen molar-refractivity contribution in [1.29, 1.82) is 0 Å². The van der Waals surface area contributed by atoms with Crippen molar-refractivity contribution in [2.75, 3.05) is 0 Å². The van der Waals surface area contributed by atoms with E-state index in [1.807, 2.05) is 0 Å². The summed E-state index contributed by atoms with van der Waals surface area (Å²) >= 11 is 0. The summed E-state index contributed by atoms with van der Waals surface area (Å²) in [6, 6.07) is 10.9. The van der Waals surface area contributed by atoms with Gasteiger partial charge < -0.3 is 0 Å². The Kier molecular flexibility index (Phi) is 0.626. The predicted molar refractivity (Wildman–Crippen MR) is 52.9 cm³/mol. The molecular weight excluding hydrogens is 187 g/mol. The Morgan fingerprint density at radius 2 is 1.33 bits per heavy atom. The van der Waals surface area contributed by atoms with Crippen molar-refractivity contribution in [3.8, 4) is 0 Å². The standard InChI is InChI=1S/C14H11F/c15-14-10-7-11(14)9-12(14)8(10)13(7,9)6-4-2-1-3-5-6/h1-5,7-12H. The third kappa shape index (κ3) is 0.306. The molecule has 7 rings (SSSR count). The van der Waals surface area contributed by atoms with Gasteiger partial charge in [-0.05, 0) is 23.3 Å². The molecule has 1 heteroatoms. The van der Waals surface area contributed by atoms with Crippen LogP contribution in [-0.4, -0.2) is 5.67 Å². The van der Waals surface area contributed by atoms with Crippen LogP contribution in [0.2, 0.25) is 0 Å². The van der Waals surface area contributed by atoms with Crippen LogP contribution in [-0.2, 0) is 5.41 Å². The predicted octanol–water partition coefficient (Wildman–Crippen LogP) is 2.40. The highest BCUT2D eigenvalue weighted by atomic mass is 19.1. The molecule has 0 unspecified atom stereocenters. The second-order valence-electron chi connectivity index (χ2n) is 6.28. The number of hydrogen-bond acceptors (Lipinski definition) is 0. The first-order chi connectivity index (χ1) is 7.34.